The van der Waals surface area contributed by atoms with Gasteiger partial charge in [-0.1, -0.05) is 6.92 Å². The molecular weight excluding hydrogens is 410 g/mol. The summed E-state index contributed by atoms with van der Waals surface area (Å²) in [5, 5.41) is 8.98. The van der Waals surface area contributed by atoms with Crippen molar-refractivity contribution in [3.05, 3.63) is 40.0 Å². The molecule has 0 aliphatic rings. The highest BCUT2D eigenvalue weighted by atomic mass is 32.1. The lowest BCUT2D eigenvalue weighted by molar-refractivity contribution is 0.398. The van der Waals surface area contributed by atoms with Gasteiger partial charge in [0.1, 0.15) is 11.5 Å². The van der Waals surface area contributed by atoms with E-state index >= 15 is 0 Å². The summed E-state index contributed by atoms with van der Waals surface area (Å²) < 4.78 is 10.9. The summed E-state index contributed by atoms with van der Waals surface area (Å²) in [7, 11) is 3.35. The van der Waals surface area contributed by atoms with Crippen molar-refractivity contribution in [2.24, 2.45) is 4.99 Å². The first-order valence-electron chi connectivity index (χ1n) is 10.9. The van der Waals surface area contributed by atoms with Crippen LogP contribution in [0.2, 0.25) is 0 Å². The number of methoxy groups -OCH3 is 2. The number of aromatic nitrogens is 2. The highest BCUT2D eigenvalue weighted by Crippen LogP contribution is 2.31. The van der Waals surface area contributed by atoms with Crippen molar-refractivity contribution in [3.63, 3.8) is 0 Å². The predicted molar refractivity (Wildman–Crippen MR) is 129 cm³/mol. The lowest BCUT2D eigenvalue weighted by Gasteiger charge is -2.10. The van der Waals surface area contributed by atoms with Gasteiger partial charge in [0.25, 0.3) is 0 Å². The molecule has 1 aromatic carbocycles. The zero-order valence-electron chi connectivity index (χ0n) is 18.9. The summed E-state index contributed by atoms with van der Waals surface area (Å²) in [6.45, 7) is 6.66. The number of aryl methyl sites for hydroxylation is 2. The Morgan fingerprint density at radius 2 is 2.00 bits per heavy atom. The first kappa shape index (κ1) is 22.9. The van der Waals surface area contributed by atoms with Gasteiger partial charge in [0.15, 0.2) is 5.96 Å². The van der Waals surface area contributed by atoms with Crippen LogP contribution < -0.4 is 20.1 Å². The van der Waals surface area contributed by atoms with Crippen LogP contribution in [0, 0.1) is 0 Å². The first-order valence-corrected chi connectivity index (χ1v) is 11.7. The number of benzene rings is 1. The van der Waals surface area contributed by atoms with Crippen molar-refractivity contribution >= 4 is 28.2 Å². The maximum Gasteiger partial charge on any atom is 0.191 e. The van der Waals surface area contributed by atoms with Gasteiger partial charge in [-0.15, -0.1) is 11.3 Å². The Balaban J connectivity index is 1.51. The Kier molecular flexibility index (Phi) is 8.58. The van der Waals surface area contributed by atoms with E-state index in [1.165, 1.54) is 15.6 Å². The molecule has 168 valence electrons. The summed E-state index contributed by atoms with van der Waals surface area (Å²) in [5.41, 5.74) is 2.20. The van der Waals surface area contributed by atoms with E-state index in [4.69, 9.17) is 14.5 Å². The molecule has 3 N–H and O–H groups in total. The van der Waals surface area contributed by atoms with Crippen LogP contribution in [0.5, 0.6) is 11.5 Å². The zero-order chi connectivity index (χ0) is 22.1. The average Bonchev–Trinajstić information content (AvgIpc) is 3.42. The van der Waals surface area contributed by atoms with Crippen LogP contribution in [-0.4, -0.2) is 49.8 Å². The Labute approximate surface area is 188 Å². The van der Waals surface area contributed by atoms with E-state index in [0.717, 1.165) is 73.7 Å². The fraction of sp³-hybridized carbons (Fsp3) is 0.478. The monoisotopic (exact) mass is 443 g/mol. The molecule has 0 spiro atoms. The molecule has 0 unspecified atom stereocenters. The number of thiazole rings is 1. The lowest BCUT2D eigenvalue weighted by Crippen LogP contribution is -2.38. The van der Waals surface area contributed by atoms with E-state index in [0.29, 0.717) is 0 Å². The van der Waals surface area contributed by atoms with Crippen molar-refractivity contribution in [2.45, 2.75) is 39.5 Å². The van der Waals surface area contributed by atoms with Crippen molar-refractivity contribution in [2.75, 3.05) is 33.9 Å². The molecule has 0 saturated carbocycles. The van der Waals surface area contributed by atoms with E-state index < -0.39 is 0 Å². The molecular formula is C23H33N5O2S. The van der Waals surface area contributed by atoms with Gasteiger partial charge in [0.2, 0.25) is 0 Å². The number of fused-ring (bicyclic) bond motifs is 1. The van der Waals surface area contributed by atoms with Gasteiger partial charge in [0.05, 0.1) is 24.7 Å². The number of nitrogens with zero attached hydrogens (tertiary/aromatic N) is 2. The number of hydrogen-bond acceptors (Lipinski definition) is 5. The Bertz CT molecular complexity index is 995. The second kappa shape index (κ2) is 11.6. The van der Waals surface area contributed by atoms with Crippen molar-refractivity contribution in [1.82, 2.24) is 20.6 Å². The van der Waals surface area contributed by atoms with E-state index in [-0.39, 0.29) is 0 Å². The number of hydrogen-bond donors (Lipinski definition) is 3. The molecule has 0 amide bonds. The fourth-order valence-electron chi connectivity index (χ4n) is 3.38. The number of ether oxygens (including phenoxy) is 2. The number of rotatable bonds is 11. The quantitative estimate of drug-likeness (QED) is 0.238. The molecule has 8 heteroatoms. The summed E-state index contributed by atoms with van der Waals surface area (Å²) in [4.78, 5) is 14.0. The molecule has 3 aromatic rings. The van der Waals surface area contributed by atoms with E-state index in [2.05, 4.69) is 40.5 Å². The predicted octanol–water partition coefficient (Wildman–Crippen LogP) is 3.93. The van der Waals surface area contributed by atoms with E-state index in [1.807, 2.05) is 18.3 Å². The molecule has 0 atom stereocenters. The number of H-pyrrole nitrogens is 1. The first-order chi connectivity index (χ1) is 15.2. The molecule has 0 aliphatic carbocycles. The third kappa shape index (κ3) is 6.37. The molecule has 0 saturated heterocycles. The van der Waals surface area contributed by atoms with Crippen LogP contribution >= 0.6 is 11.3 Å². The SMILES string of the molecule is CCNC(=NCCCc1cc2c(OC)cc(OC)cc2[nH]1)NCCc1ncc(CC)s1. The highest BCUT2D eigenvalue weighted by Gasteiger charge is 2.09. The number of guanidine groups is 1. The van der Waals surface area contributed by atoms with Crippen LogP contribution in [0.3, 0.4) is 0 Å². The average molecular weight is 444 g/mol. The van der Waals surface area contributed by atoms with Gasteiger partial charge in [-0.05, 0) is 32.3 Å². The summed E-state index contributed by atoms with van der Waals surface area (Å²) in [6.07, 6.45) is 5.81. The maximum atomic E-state index is 5.50. The highest BCUT2D eigenvalue weighted by molar-refractivity contribution is 7.11. The summed E-state index contributed by atoms with van der Waals surface area (Å²) >= 11 is 1.79. The van der Waals surface area contributed by atoms with Crippen molar-refractivity contribution < 1.29 is 9.47 Å². The minimum absolute atomic E-state index is 0.752. The van der Waals surface area contributed by atoms with Crippen LogP contribution in [0.25, 0.3) is 10.9 Å². The number of nitrogens with one attached hydrogen (secondary N) is 3. The van der Waals surface area contributed by atoms with Crippen LogP contribution in [-0.2, 0) is 19.3 Å². The Morgan fingerprint density at radius 1 is 1.13 bits per heavy atom. The molecule has 2 heterocycles. The van der Waals surface area contributed by atoms with Gasteiger partial charge in [-0.2, -0.15) is 0 Å². The second-order valence-electron chi connectivity index (χ2n) is 7.20. The van der Waals surface area contributed by atoms with Gasteiger partial charge in [-0.25, -0.2) is 4.98 Å². The van der Waals surface area contributed by atoms with Gasteiger partial charge < -0.3 is 25.1 Å². The largest absolute Gasteiger partial charge is 0.497 e. The topological polar surface area (TPSA) is 83.6 Å². The Morgan fingerprint density at radius 3 is 2.71 bits per heavy atom. The molecule has 7 nitrogen and oxygen atoms in total. The number of aromatic amines is 1. The van der Waals surface area contributed by atoms with Crippen LogP contribution in [0.4, 0.5) is 0 Å². The molecule has 0 fully saturated rings. The van der Waals surface area contributed by atoms with Crippen molar-refractivity contribution in [1.29, 1.82) is 0 Å². The molecule has 0 radical (unpaired) electrons. The van der Waals surface area contributed by atoms with Crippen LogP contribution in [0.15, 0.2) is 29.4 Å². The summed E-state index contributed by atoms with van der Waals surface area (Å²) in [5.74, 6) is 2.46. The third-order valence-corrected chi connectivity index (χ3v) is 6.19. The Hall–Kier alpha value is -2.74. The lowest BCUT2D eigenvalue weighted by atomic mass is 10.2. The van der Waals surface area contributed by atoms with E-state index in [9.17, 15) is 0 Å². The molecule has 0 bridgehead atoms. The number of aliphatic imine (C=N–C) groups is 1. The minimum Gasteiger partial charge on any atom is -0.497 e. The van der Waals surface area contributed by atoms with Gasteiger partial charge in [0, 0.05) is 60.3 Å². The smallest absolute Gasteiger partial charge is 0.191 e. The molecule has 2 aromatic heterocycles. The minimum atomic E-state index is 0.752. The second-order valence-corrected chi connectivity index (χ2v) is 8.40. The normalized spacial score (nSPS) is 11.7. The molecule has 3 rings (SSSR count). The maximum absolute atomic E-state index is 5.50. The van der Waals surface area contributed by atoms with Gasteiger partial charge >= 0.3 is 0 Å². The summed E-state index contributed by atoms with van der Waals surface area (Å²) in [6, 6.07) is 6.06. The standard InChI is InChI=1S/C23H33N5O2S/c1-5-18-15-27-22(31-18)9-11-26-23(24-6-2)25-10-7-8-16-12-19-20(28-16)13-17(29-3)14-21(19)30-4/h12-15,28H,5-11H2,1-4H3,(H2,24,25,26). The van der Waals surface area contributed by atoms with Gasteiger partial charge in [-0.3, -0.25) is 4.99 Å². The fourth-order valence-corrected chi connectivity index (χ4v) is 4.24. The molecule has 0 aliphatic heterocycles. The van der Waals surface area contributed by atoms with Crippen LogP contribution in [0.1, 0.15) is 35.8 Å². The molecule has 31 heavy (non-hydrogen) atoms. The van der Waals surface area contributed by atoms with Crippen molar-refractivity contribution in [3.8, 4) is 11.5 Å². The zero-order valence-corrected chi connectivity index (χ0v) is 19.7. The van der Waals surface area contributed by atoms with E-state index in [1.54, 1.807) is 25.6 Å². The third-order valence-electron chi connectivity index (χ3n) is 4.98.